The van der Waals surface area contributed by atoms with Crippen LogP contribution in [0.1, 0.15) is 15.9 Å². The highest BCUT2D eigenvalue weighted by molar-refractivity contribution is 5.97. The van der Waals surface area contributed by atoms with Crippen molar-refractivity contribution in [1.29, 1.82) is 0 Å². The Balaban J connectivity index is 1.81. The van der Waals surface area contributed by atoms with Crippen LogP contribution in [0.3, 0.4) is 0 Å². The molecule has 0 radical (unpaired) electrons. The second-order valence-corrected chi connectivity index (χ2v) is 6.01. The number of aromatic nitrogens is 3. The largest absolute Gasteiger partial charge is 0.478 e. The van der Waals surface area contributed by atoms with E-state index in [1.54, 1.807) is 30.6 Å². The van der Waals surface area contributed by atoms with Gasteiger partial charge in [0.2, 0.25) is 0 Å². The Bertz CT molecular complexity index is 1100. The number of pyridine rings is 1. The van der Waals surface area contributed by atoms with Crippen LogP contribution < -0.4 is 5.32 Å². The van der Waals surface area contributed by atoms with Gasteiger partial charge in [0.1, 0.15) is 5.82 Å². The molecule has 0 unspecified atom stereocenters. The topological polar surface area (TPSA) is 88.0 Å². The van der Waals surface area contributed by atoms with Crippen LogP contribution in [0.2, 0.25) is 0 Å². The first-order chi connectivity index (χ1) is 13.2. The maximum atomic E-state index is 11.4. The number of rotatable bonds is 5. The van der Waals surface area contributed by atoms with Crippen LogP contribution in [-0.2, 0) is 6.54 Å². The summed E-state index contributed by atoms with van der Waals surface area (Å²) in [5.41, 5.74) is 2.82. The predicted octanol–water partition coefficient (Wildman–Crippen LogP) is 4.00. The molecule has 4 rings (SSSR count). The lowest BCUT2D eigenvalue weighted by Crippen LogP contribution is -2.05. The zero-order valence-corrected chi connectivity index (χ0v) is 14.3. The molecular weight excluding hydrogens is 340 g/mol. The molecule has 2 N–H and O–H groups in total. The lowest BCUT2D eigenvalue weighted by Gasteiger charge is -2.12. The van der Waals surface area contributed by atoms with E-state index in [4.69, 9.17) is 0 Å². The molecule has 0 fully saturated rings. The molecule has 0 spiro atoms. The maximum Gasteiger partial charge on any atom is 0.335 e. The zero-order valence-electron chi connectivity index (χ0n) is 14.3. The van der Waals surface area contributed by atoms with E-state index in [-0.39, 0.29) is 5.56 Å². The fourth-order valence-electron chi connectivity index (χ4n) is 2.81. The summed E-state index contributed by atoms with van der Waals surface area (Å²) < 4.78 is 0. The summed E-state index contributed by atoms with van der Waals surface area (Å²) in [6.07, 6.45) is 3.38. The summed E-state index contributed by atoms with van der Waals surface area (Å²) in [6, 6.07) is 18.5. The van der Waals surface area contributed by atoms with Crippen LogP contribution >= 0.6 is 0 Å². The van der Waals surface area contributed by atoms with Gasteiger partial charge in [0, 0.05) is 29.9 Å². The average Bonchev–Trinajstić information content (AvgIpc) is 2.72. The number of benzene rings is 2. The summed E-state index contributed by atoms with van der Waals surface area (Å²) in [4.78, 5) is 24.6. The van der Waals surface area contributed by atoms with Crippen LogP contribution in [0.15, 0.2) is 73.1 Å². The molecule has 0 saturated heterocycles. The lowest BCUT2D eigenvalue weighted by molar-refractivity contribution is 0.0697. The van der Waals surface area contributed by atoms with Gasteiger partial charge in [-0.1, -0.05) is 30.3 Å². The van der Waals surface area contributed by atoms with E-state index in [1.807, 2.05) is 42.5 Å². The SMILES string of the molecule is O=C(O)c1ccc2nc(-c3ccncc3)nc(NCc3ccccc3)c2c1. The van der Waals surface area contributed by atoms with E-state index in [0.29, 0.717) is 29.1 Å². The molecule has 2 heterocycles. The molecule has 4 aromatic rings. The number of carboxylic acid groups (broad SMARTS) is 1. The number of hydrogen-bond acceptors (Lipinski definition) is 5. The molecule has 0 amide bonds. The highest BCUT2D eigenvalue weighted by Crippen LogP contribution is 2.26. The van der Waals surface area contributed by atoms with Crippen molar-refractivity contribution in [1.82, 2.24) is 15.0 Å². The summed E-state index contributed by atoms with van der Waals surface area (Å²) in [7, 11) is 0. The molecule has 132 valence electrons. The Kier molecular flexibility index (Phi) is 4.45. The summed E-state index contributed by atoms with van der Waals surface area (Å²) in [5.74, 6) is 0.173. The summed E-state index contributed by atoms with van der Waals surface area (Å²) >= 11 is 0. The number of hydrogen-bond donors (Lipinski definition) is 2. The smallest absolute Gasteiger partial charge is 0.335 e. The van der Waals surface area contributed by atoms with Crippen molar-refractivity contribution in [2.45, 2.75) is 6.54 Å². The molecule has 2 aromatic carbocycles. The maximum absolute atomic E-state index is 11.4. The second kappa shape index (κ2) is 7.21. The van der Waals surface area contributed by atoms with Crippen LogP contribution in [0.4, 0.5) is 5.82 Å². The van der Waals surface area contributed by atoms with Gasteiger partial charge in [-0.3, -0.25) is 4.98 Å². The molecule has 0 aliphatic carbocycles. The minimum Gasteiger partial charge on any atom is -0.478 e. The number of carboxylic acids is 1. The van der Waals surface area contributed by atoms with Crippen molar-refractivity contribution in [2.75, 3.05) is 5.32 Å². The minimum atomic E-state index is -0.982. The van der Waals surface area contributed by atoms with Gasteiger partial charge >= 0.3 is 5.97 Å². The molecule has 2 aromatic heterocycles. The van der Waals surface area contributed by atoms with E-state index in [0.717, 1.165) is 11.1 Å². The van der Waals surface area contributed by atoms with Crippen molar-refractivity contribution >= 4 is 22.7 Å². The predicted molar refractivity (Wildman–Crippen MR) is 103 cm³/mol. The van der Waals surface area contributed by atoms with Crippen LogP contribution in [0.25, 0.3) is 22.3 Å². The molecule has 0 saturated carbocycles. The van der Waals surface area contributed by atoms with E-state index in [9.17, 15) is 9.90 Å². The van der Waals surface area contributed by atoms with Gasteiger partial charge in [0.25, 0.3) is 0 Å². The number of fused-ring (bicyclic) bond motifs is 1. The molecule has 0 aliphatic rings. The van der Waals surface area contributed by atoms with E-state index in [1.165, 1.54) is 0 Å². The normalized spacial score (nSPS) is 10.7. The van der Waals surface area contributed by atoms with Gasteiger partial charge in [0.15, 0.2) is 5.82 Å². The molecule has 0 aliphatic heterocycles. The van der Waals surface area contributed by atoms with E-state index < -0.39 is 5.97 Å². The molecule has 27 heavy (non-hydrogen) atoms. The van der Waals surface area contributed by atoms with Crippen LogP contribution in [0, 0.1) is 0 Å². The number of nitrogens with one attached hydrogen (secondary N) is 1. The van der Waals surface area contributed by atoms with Gasteiger partial charge < -0.3 is 10.4 Å². The first-order valence-corrected chi connectivity index (χ1v) is 8.44. The van der Waals surface area contributed by atoms with Crippen molar-refractivity contribution in [3.63, 3.8) is 0 Å². The van der Waals surface area contributed by atoms with Crippen molar-refractivity contribution in [3.8, 4) is 11.4 Å². The molecule has 6 nitrogen and oxygen atoms in total. The Morgan fingerprint density at radius 3 is 2.48 bits per heavy atom. The number of anilines is 1. The zero-order chi connectivity index (χ0) is 18.6. The monoisotopic (exact) mass is 356 g/mol. The van der Waals surface area contributed by atoms with Gasteiger partial charge in [-0.2, -0.15) is 0 Å². The fraction of sp³-hybridized carbons (Fsp3) is 0.0476. The second-order valence-electron chi connectivity index (χ2n) is 6.01. The third-order valence-electron chi connectivity index (χ3n) is 4.18. The average molecular weight is 356 g/mol. The van der Waals surface area contributed by atoms with Crippen molar-refractivity contribution in [2.24, 2.45) is 0 Å². The fourth-order valence-corrected chi connectivity index (χ4v) is 2.81. The minimum absolute atomic E-state index is 0.200. The third kappa shape index (κ3) is 3.59. The number of aromatic carboxylic acids is 1. The first kappa shape index (κ1) is 16.7. The highest BCUT2D eigenvalue weighted by Gasteiger charge is 2.12. The van der Waals surface area contributed by atoms with Gasteiger partial charge in [-0.25, -0.2) is 14.8 Å². The third-order valence-corrected chi connectivity index (χ3v) is 4.18. The Morgan fingerprint density at radius 1 is 0.963 bits per heavy atom. The summed E-state index contributed by atoms with van der Waals surface area (Å²) in [6.45, 7) is 0.569. The Morgan fingerprint density at radius 2 is 1.74 bits per heavy atom. The molecule has 0 bridgehead atoms. The van der Waals surface area contributed by atoms with Gasteiger partial charge in [0.05, 0.1) is 11.1 Å². The molecule has 6 heteroatoms. The Hall–Kier alpha value is -3.80. The van der Waals surface area contributed by atoms with Crippen LogP contribution in [-0.4, -0.2) is 26.0 Å². The van der Waals surface area contributed by atoms with Crippen LogP contribution in [0.5, 0.6) is 0 Å². The van der Waals surface area contributed by atoms with Gasteiger partial charge in [-0.15, -0.1) is 0 Å². The standard InChI is InChI=1S/C21H16N4O2/c26-21(27)16-6-7-18-17(12-16)20(23-13-14-4-2-1-3-5-14)25-19(24-18)15-8-10-22-11-9-15/h1-12H,13H2,(H,26,27)(H,23,24,25). The number of carbonyl (C=O) groups is 1. The highest BCUT2D eigenvalue weighted by atomic mass is 16.4. The van der Waals surface area contributed by atoms with Crippen molar-refractivity contribution in [3.05, 3.63) is 84.2 Å². The molecule has 0 atom stereocenters. The van der Waals surface area contributed by atoms with E-state index >= 15 is 0 Å². The number of nitrogens with zero attached hydrogens (tertiary/aromatic N) is 3. The van der Waals surface area contributed by atoms with E-state index in [2.05, 4.69) is 20.3 Å². The first-order valence-electron chi connectivity index (χ1n) is 8.44. The lowest BCUT2D eigenvalue weighted by atomic mass is 10.1. The Labute approximate surface area is 155 Å². The summed E-state index contributed by atoms with van der Waals surface area (Å²) in [5, 5.41) is 13.3. The molecular formula is C21H16N4O2. The van der Waals surface area contributed by atoms with Crippen molar-refractivity contribution < 1.29 is 9.90 Å². The quantitative estimate of drug-likeness (QED) is 0.562. The van der Waals surface area contributed by atoms with Gasteiger partial charge in [-0.05, 0) is 35.9 Å².